The lowest BCUT2D eigenvalue weighted by atomic mass is 10.1. The number of pyridine rings is 1. The van der Waals surface area contributed by atoms with Crippen molar-refractivity contribution in [2.45, 2.75) is 13.3 Å². The van der Waals surface area contributed by atoms with Crippen molar-refractivity contribution in [3.63, 3.8) is 0 Å². The van der Waals surface area contributed by atoms with E-state index in [0.717, 1.165) is 17.6 Å². The minimum Gasteiger partial charge on any atom is -0.392 e. The zero-order valence-corrected chi connectivity index (χ0v) is 7.20. The van der Waals surface area contributed by atoms with Gasteiger partial charge in [-0.25, -0.2) is 0 Å². The summed E-state index contributed by atoms with van der Waals surface area (Å²) < 4.78 is 0. The van der Waals surface area contributed by atoms with E-state index < -0.39 is 0 Å². The number of rotatable bonds is 3. The van der Waals surface area contributed by atoms with Crippen LogP contribution in [0.4, 0.5) is 0 Å². The molecule has 1 N–H and O–H groups in total. The minimum atomic E-state index is 0.138. The molecular weight excluding hydrogens is 150 g/mol. The molecule has 0 bridgehead atoms. The summed E-state index contributed by atoms with van der Waals surface area (Å²) in [5, 5.41) is 8.90. The summed E-state index contributed by atoms with van der Waals surface area (Å²) in [5.41, 5.74) is 2.14. The van der Waals surface area contributed by atoms with Crippen molar-refractivity contribution in [3.8, 4) is 0 Å². The number of aromatic nitrogens is 1. The van der Waals surface area contributed by atoms with Crippen LogP contribution in [0.3, 0.4) is 0 Å². The van der Waals surface area contributed by atoms with E-state index in [0.29, 0.717) is 0 Å². The SMILES string of the molecule is CCC(=Cc1ccncc1)CO. The average molecular weight is 163 g/mol. The van der Waals surface area contributed by atoms with Gasteiger partial charge in [-0.3, -0.25) is 4.98 Å². The van der Waals surface area contributed by atoms with E-state index in [-0.39, 0.29) is 6.61 Å². The van der Waals surface area contributed by atoms with Gasteiger partial charge in [0.15, 0.2) is 0 Å². The molecular formula is C10H13NO. The minimum absolute atomic E-state index is 0.138. The first-order valence-corrected chi connectivity index (χ1v) is 4.07. The molecule has 0 fully saturated rings. The Labute approximate surface area is 72.6 Å². The Bertz CT molecular complexity index is 248. The maximum Gasteiger partial charge on any atom is 0.0644 e. The third-order valence-corrected chi connectivity index (χ3v) is 1.73. The molecule has 0 aromatic carbocycles. The number of hydrogen-bond acceptors (Lipinski definition) is 2. The Morgan fingerprint density at radius 2 is 2.17 bits per heavy atom. The molecule has 0 aliphatic heterocycles. The van der Waals surface area contributed by atoms with Crippen molar-refractivity contribution in [1.82, 2.24) is 4.98 Å². The molecule has 12 heavy (non-hydrogen) atoms. The maximum absolute atomic E-state index is 8.90. The lowest BCUT2D eigenvalue weighted by Crippen LogP contribution is -1.87. The van der Waals surface area contributed by atoms with E-state index in [4.69, 9.17) is 5.11 Å². The normalized spacial score (nSPS) is 11.7. The molecule has 0 spiro atoms. The fourth-order valence-corrected chi connectivity index (χ4v) is 0.955. The first kappa shape index (κ1) is 8.94. The fourth-order valence-electron chi connectivity index (χ4n) is 0.955. The Morgan fingerprint density at radius 3 is 2.67 bits per heavy atom. The van der Waals surface area contributed by atoms with E-state index in [9.17, 15) is 0 Å². The number of nitrogens with zero attached hydrogens (tertiary/aromatic N) is 1. The van der Waals surface area contributed by atoms with E-state index in [1.165, 1.54) is 0 Å². The molecule has 0 amide bonds. The van der Waals surface area contributed by atoms with Gasteiger partial charge in [-0.05, 0) is 29.7 Å². The van der Waals surface area contributed by atoms with Crippen molar-refractivity contribution in [2.24, 2.45) is 0 Å². The topological polar surface area (TPSA) is 33.1 Å². The molecule has 2 heteroatoms. The summed E-state index contributed by atoms with van der Waals surface area (Å²) in [7, 11) is 0. The lowest BCUT2D eigenvalue weighted by Gasteiger charge is -1.98. The van der Waals surface area contributed by atoms with Gasteiger partial charge < -0.3 is 5.11 Å². The monoisotopic (exact) mass is 163 g/mol. The van der Waals surface area contributed by atoms with Gasteiger partial charge in [0.05, 0.1) is 6.61 Å². The predicted molar refractivity (Wildman–Crippen MR) is 49.6 cm³/mol. The van der Waals surface area contributed by atoms with Crippen molar-refractivity contribution in [2.75, 3.05) is 6.61 Å². The lowest BCUT2D eigenvalue weighted by molar-refractivity contribution is 0.329. The second-order valence-electron chi connectivity index (χ2n) is 2.59. The highest BCUT2D eigenvalue weighted by molar-refractivity contribution is 5.51. The van der Waals surface area contributed by atoms with Gasteiger partial charge >= 0.3 is 0 Å². The largest absolute Gasteiger partial charge is 0.392 e. The molecule has 1 aromatic rings. The third kappa shape index (κ3) is 2.47. The molecule has 2 nitrogen and oxygen atoms in total. The highest BCUT2D eigenvalue weighted by Gasteiger charge is 1.91. The van der Waals surface area contributed by atoms with Gasteiger partial charge in [0.25, 0.3) is 0 Å². The Balaban J connectivity index is 2.79. The number of aliphatic hydroxyl groups excluding tert-OH is 1. The molecule has 0 saturated carbocycles. The van der Waals surface area contributed by atoms with Gasteiger partial charge in [-0.2, -0.15) is 0 Å². The standard InChI is InChI=1S/C10H13NO/c1-2-9(8-12)7-10-3-5-11-6-4-10/h3-7,12H,2,8H2,1H3. The summed E-state index contributed by atoms with van der Waals surface area (Å²) in [4.78, 5) is 3.91. The van der Waals surface area contributed by atoms with Gasteiger partial charge in [-0.15, -0.1) is 0 Å². The first-order valence-electron chi connectivity index (χ1n) is 4.07. The maximum atomic E-state index is 8.90. The smallest absolute Gasteiger partial charge is 0.0644 e. The van der Waals surface area contributed by atoms with Crippen LogP contribution in [-0.2, 0) is 0 Å². The summed E-state index contributed by atoms with van der Waals surface area (Å²) in [6.45, 7) is 2.17. The van der Waals surface area contributed by atoms with Crippen LogP contribution in [0.25, 0.3) is 6.08 Å². The van der Waals surface area contributed by atoms with E-state index >= 15 is 0 Å². The van der Waals surface area contributed by atoms with Crippen LogP contribution in [0.1, 0.15) is 18.9 Å². The Morgan fingerprint density at radius 1 is 1.50 bits per heavy atom. The van der Waals surface area contributed by atoms with E-state index in [1.54, 1.807) is 12.4 Å². The molecule has 0 unspecified atom stereocenters. The van der Waals surface area contributed by atoms with Gasteiger partial charge in [-0.1, -0.05) is 13.0 Å². The van der Waals surface area contributed by atoms with Gasteiger partial charge in [0.2, 0.25) is 0 Å². The summed E-state index contributed by atoms with van der Waals surface area (Å²) in [5.74, 6) is 0. The molecule has 0 aliphatic carbocycles. The first-order chi connectivity index (χ1) is 5.86. The zero-order chi connectivity index (χ0) is 8.81. The highest BCUT2D eigenvalue weighted by atomic mass is 16.3. The third-order valence-electron chi connectivity index (χ3n) is 1.73. The van der Waals surface area contributed by atoms with Crippen LogP contribution in [0.15, 0.2) is 30.1 Å². The van der Waals surface area contributed by atoms with Crippen LogP contribution in [0, 0.1) is 0 Å². The summed E-state index contributed by atoms with van der Waals surface area (Å²) in [6.07, 6.45) is 6.37. The van der Waals surface area contributed by atoms with Crippen molar-refractivity contribution < 1.29 is 5.11 Å². The van der Waals surface area contributed by atoms with Crippen LogP contribution in [-0.4, -0.2) is 16.7 Å². The molecule has 64 valence electrons. The van der Waals surface area contributed by atoms with E-state index in [1.807, 2.05) is 25.1 Å². The quantitative estimate of drug-likeness (QED) is 0.737. The number of hydrogen-bond donors (Lipinski definition) is 1. The highest BCUT2D eigenvalue weighted by Crippen LogP contribution is 2.07. The van der Waals surface area contributed by atoms with Crippen molar-refractivity contribution in [3.05, 3.63) is 35.7 Å². The zero-order valence-electron chi connectivity index (χ0n) is 7.20. The van der Waals surface area contributed by atoms with Gasteiger partial charge in [0.1, 0.15) is 0 Å². The second kappa shape index (κ2) is 4.67. The van der Waals surface area contributed by atoms with Crippen LogP contribution < -0.4 is 0 Å². The van der Waals surface area contributed by atoms with Gasteiger partial charge in [0, 0.05) is 12.4 Å². The molecule has 0 atom stereocenters. The fraction of sp³-hybridized carbons (Fsp3) is 0.300. The summed E-state index contributed by atoms with van der Waals surface area (Å²) >= 11 is 0. The molecule has 1 rings (SSSR count). The Hall–Kier alpha value is -1.15. The molecule has 1 heterocycles. The second-order valence-corrected chi connectivity index (χ2v) is 2.59. The molecule has 0 aliphatic rings. The van der Waals surface area contributed by atoms with Crippen molar-refractivity contribution in [1.29, 1.82) is 0 Å². The molecule has 0 radical (unpaired) electrons. The number of aliphatic hydroxyl groups is 1. The molecule has 1 aromatic heterocycles. The van der Waals surface area contributed by atoms with Crippen LogP contribution in [0.2, 0.25) is 0 Å². The predicted octanol–water partition coefficient (Wildman–Crippen LogP) is 1.87. The van der Waals surface area contributed by atoms with Crippen molar-refractivity contribution >= 4 is 6.08 Å². The Kier molecular flexibility index (Phi) is 3.48. The van der Waals surface area contributed by atoms with Crippen LogP contribution >= 0.6 is 0 Å². The van der Waals surface area contributed by atoms with E-state index in [2.05, 4.69) is 4.98 Å². The van der Waals surface area contributed by atoms with Crippen LogP contribution in [0.5, 0.6) is 0 Å². The molecule has 0 saturated heterocycles. The summed E-state index contributed by atoms with van der Waals surface area (Å²) in [6, 6.07) is 3.84. The average Bonchev–Trinajstić information content (AvgIpc) is 2.16.